The van der Waals surface area contributed by atoms with E-state index < -0.39 is 21.8 Å². The molecule has 9 heteroatoms. The van der Waals surface area contributed by atoms with Crippen molar-refractivity contribution in [1.82, 2.24) is 8.87 Å². The fourth-order valence-corrected chi connectivity index (χ4v) is 5.58. The summed E-state index contributed by atoms with van der Waals surface area (Å²) in [6.07, 6.45) is 4.98. The third-order valence-electron chi connectivity index (χ3n) is 5.18. The van der Waals surface area contributed by atoms with Gasteiger partial charge >= 0.3 is 0 Å². The summed E-state index contributed by atoms with van der Waals surface area (Å²) in [5, 5.41) is 3.32. The Kier molecular flexibility index (Phi) is 4.23. The van der Waals surface area contributed by atoms with E-state index in [-0.39, 0.29) is 22.1 Å². The molecular weight excluding hydrogens is 426 g/mol. The fourth-order valence-electron chi connectivity index (χ4n) is 3.57. The Morgan fingerprint density at radius 1 is 1.07 bits per heavy atom. The largest absolute Gasteiger partial charge is 0.322 e. The highest BCUT2D eigenvalue weighted by Gasteiger charge is 2.48. The third kappa shape index (κ3) is 3.00. The van der Waals surface area contributed by atoms with Crippen molar-refractivity contribution in [2.24, 2.45) is 0 Å². The van der Waals surface area contributed by atoms with Crippen molar-refractivity contribution in [1.29, 1.82) is 0 Å². The fraction of sp³-hybridized carbons (Fsp3) is 0.143. The highest BCUT2D eigenvalue weighted by molar-refractivity contribution is 7.90. The van der Waals surface area contributed by atoms with Gasteiger partial charge in [0.1, 0.15) is 4.90 Å². The average molecular weight is 442 g/mol. The van der Waals surface area contributed by atoms with Crippen LogP contribution in [0, 0.1) is 0 Å². The Morgan fingerprint density at radius 3 is 2.50 bits per heavy atom. The van der Waals surface area contributed by atoms with E-state index in [1.54, 1.807) is 22.8 Å². The topological polar surface area (TPSA) is 88.5 Å². The SMILES string of the molecule is O=C(Nc1ccc(Cl)cc1-n1cccc1)c1ccc2c(c1)S(=O)(=O)N(C1CC1)C2=O. The second-order valence-corrected chi connectivity index (χ2v) is 9.47. The van der Waals surface area contributed by atoms with Crippen LogP contribution in [-0.2, 0) is 10.0 Å². The Bertz CT molecular complexity index is 1300. The molecule has 1 N–H and O–H groups in total. The molecule has 1 saturated carbocycles. The minimum absolute atomic E-state index is 0.109. The Morgan fingerprint density at radius 2 is 1.80 bits per heavy atom. The number of nitrogens with one attached hydrogen (secondary N) is 1. The Labute approximate surface area is 177 Å². The number of fused-ring (bicyclic) bond motifs is 1. The standard InChI is InChI=1S/C21H16ClN3O4S/c22-14-4-8-17(18(12-14)24-9-1-2-10-24)23-20(26)13-3-7-16-19(11-13)30(28,29)25(21(16)27)15-5-6-15/h1-4,7-12,15H,5-6H2,(H,23,26). The van der Waals surface area contributed by atoms with Gasteiger partial charge in [-0.05, 0) is 61.4 Å². The van der Waals surface area contributed by atoms with Crippen molar-refractivity contribution in [3.05, 3.63) is 77.1 Å². The number of carbonyl (C=O) groups is 2. The van der Waals surface area contributed by atoms with Crippen LogP contribution in [0.4, 0.5) is 5.69 Å². The number of benzene rings is 2. The van der Waals surface area contributed by atoms with Gasteiger partial charge in [0, 0.05) is 29.0 Å². The molecule has 30 heavy (non-hydrogen) atoms. The lowest BCUT2D eigenvalue weighted by atomic mass is 10.1. The van der Waals surface area contributed by atoms with Crippen molar-refractivity contribution >= 4 is 39.1 Å². The summed E-state index contributed by atoms with van der Waals surface area (Å²) in [5.74, 6) is -1.01. The summed E-state index contributed by atoms with van der Waals surface area (Å²) in [5.41, 5.74) is 1.44. The number of aromatic nitrogens is 1. The molecule has 0 radical (unpaired) electrons. The van der Waals surface area contributed by atoms with Crippen LogP contribution in [0.15, 0.2) is 65.8 Å². The number of amides is 2. The summed E-state index contributed by atoms with van der Waals surface area (Å²) in [6.45, 7) is 0. The quantitative estimate of drug-likeness (QED) is 0.668. The van der Waals surface area contributed by atoms with E-state index in [0.29, 0.717) is 29.2 Å². The van der Waals surface area contributed by atoms with Crippen LogP contribution >= 0.6 is 11.6 Å². The molecule has 0 unspecified atom stereocenters. The summed E-state index contributed by atoms with van der Waals surface area (Å²) < 4.78 is 28.4. The first kappa shape index (κ1) is 18.9. The summed E-state index contributed by atoms with van der Waals surface area (Å²) >= 11 is 6.11. The highest BCUT2D eigenvalue weighted by atomic mass is 35.5. The van der Waals surface area contributed by atoms with Gasteiger partial charge < -0.3 is 9.88 Å². The lowest BCUT2D eigenvalue weighted by Gasteiger charge is -2.13. The number of rotatable bonds is 4. The second-order valence-electron chi connectivity index (χ2n) is 7.25. The zero-order chi connectivity index (χ0) is 21.0. The first-order valence-corrected chi connectivity index (χ1v) is 11.1. The van der Waals surface area contributed by atoms with Crippen LogP contribution in [-0.4, -0.2) is 35.1 Å². The van der Waals surface area contributed by atoms with Crippen LogP contribution in [0.3, 0.4) is 0 Å². The van der Waals surface area contributed by atoms with Crippen molar-refractivity contribution in [3.8, 4) is 5.69 Å². The molecule has 1 aliphatic carbocycles. The van der Waals surface area contributed by atoms with E-state index in [4.69, 9.17) is 11.6 Å². The lowest BCUT2D eigenvalue weighted by Crippen LogP contribution is -2.31. The van der Waals surface area contributed by atoms with Gasteiger partial charge in [-0.2, -0.15) is 0 Å². The van der Waals surface area contributed by atoms with Gasteiger partial charge in [-0.1, -0.05) is 11.6 Å². The molecule has 2 aromatic carbocycles. The maximum atomic E-state index is 12.9. The monoisotopic (exact) mass is 441 g/mol. The number of hydrogen-bond donors (Lipinski definition) is 1. The maximum Gasteiger partial charge on any atom is 0.269 e. The second kappa shape index (κ2) is 6.72. The van der Waals surface area contributed by atoms with Crippen LogP contribution in [0.5, 0.6) is 0 Å². The minimum Gasteiger partial charge on any atom is -0.322 e. The summed E-state index contributed by atoms with van der Waals surface area (Å²) in [7, 11) is -3.93. The molecule has 7 nitrogen and oxygen atoms in total. The normalized spacial score (nSPS) is 17.1. The van der Waals surface area contributed by atoms with Gasteiger partial charge in [0.15, 0.2) is 0 Å². The number of sulfonamides is 1. The van der Waals surface area contributed by atoms with Gasteiger partial charge in [-0.3, -0.25) is 9.59 Å². The first-order chi connectivity index (χ1) is 14.4. The van der Waals surface area contributed by atoms with E-state index in [1.165, 1.54) is 18.2 Å². The van der Waals surface area contributed by atoms with Crippen molar-refractivity contribution in [2.75, 3.05) is 5.32 Å². The molecule has 5 rings (SSSR count). The van der Waals surface area contributed by atoms with Gasteiger partial charge in [-0.15, -0.1) is 0 Å². The molecule has 1 aromatic heterocycles. The molecule has 3 aromatic rings. The van der Waals surface area contributed by atoms with Crippen LogP contribution in [0.1, 0.15) is 33.6 Å². The molecule has 1 aliphatic heterocycles. The summed E-state index contributed by atoms with van der Waals surface area (Å²) in [4.78, 5) is 25.3. The smallest absolute Gasteiger partial charge is 0.269 e. The maximum absolute atomic E-state index is 12.9. The molecule has 2 heterocycles. The zero-order valence-corrected chi connectivity index (χ0v) is 17.2. The van der Waals surface area contributed by atoms with Crippen LogP contribution in [0.25, 0.3) is 5.69 Å². The van der Waals surface area contributed by atoms with Gasteiger partial charge in [0.2, 0.25) is 0 Å². The molecule has 0 bridgehead atoms. The average Bonchev–Trinajstić information content (AvgIpc) is 3.33. The molecule has 1 fully saturated rings. The third-order valence-corrected chi connectivity index (χ3v) is 7.29. The molecular formula is C21H16ClN3O4S. The van der Waals surface area contributed by atoms with Gasteiger partial charge in [-0.25, -0.2) is 12.7 Å². The van der Waals surface area contributed by atoms with E-state index in [9.17, 15) is 18.0 Å². The number of anilines is 1. The molecule has 0 atom stereocenters. The van der Waals surface area contributed by atoms with Crippen molar-refractivity contribution in [3.63, 3.8) is 0 Å². The van der Waals surface area contributed by atoms with Crippen LogP contribution in [0.2, 0.25) is 5.02 Å². The number of hydrogen-bond acceptors (Lipinski definition) is 4. The van der Waals surface area contributed by atoms with Gasteiger partial charge in [0.25, 0.3) is 21.8 Å². The summed E-state index contributed by atoms with van der Waals surface area (Å²) in [6, 6.07) is 12.6. The van der Waals surface area contributed by atoms with E-state index in [0.717, 1.165) is 4.31 Å². The van der Waals surface area contributed by atoms with E-state index >= 15 is 0 Å². The number of halogens is 1. The number of carbonyl (C=O) groups excluding carboxylic acids is 2. The molecule has 2 aliphatic rings. The number of nitrogens with zero attached hydrogens (tertiary/aromatic N) is 2. The zero-order valence-electron chi connectivity index (χ0n) is 15.6. The minimum atomic E-state index is -3.93. The van der Waals surface area contributed by atoms with Crippen molar-refractivity contribution in [2.45, 2.75) is 23.8 Å². The molecule has 0 saturated heterocycles. The van der Waals surface area contributed by atoms with Crippen molar-refractivity contribution < 1.29 is 18.0 Å². The van der Waals surface area contributed by atoms with Crippen LogP contribution < -0.4 is 5.32 Å². The lowest BCUT2D eigenvalue weighted by molar-refractivity contribution is 0.0864. The van der Waals surface area contributed by atoms with Gasteiger partial charge in [0.05, 0.1) is 16.9 Å². The first-order valence-electron chi connectivity index (χ1n) is 9.33. The molecule has 2 amide bonds. The molecule has 152 valence electrons. The predicted octanol–water partition coefficient (Wildman–Crippen LogP) is 3.69. The predicted molar refractivity (Wildman–Crippen MR) is 112 cm³/mol. The molecule has 0 spiro atoms. The Hall–Kier alpha value is -3.10. The highest BCUT2D eigenvalue weighted by Crippen LogP contribution is 2.39. The Balaban J connectivity index is 1.49. The van der Waals surface area contributed by atoms with E-state index in [1.807, 2.05) is 24.5 Å². The van der Waals surface area contributed by atoms with E-state index in [2.05, 4.69) is 5.32 Å².